The highest BCUT2D eigenvalue weighted by molar-refractivity contribution is 5.90. The molecule has 0 aliphatic carbocycles. The number of nitrogens with zero attached hydrogens (tertiary/aromatic N) is 1. The molecule has 1 N–H and O–H groups in total. The lowest BCUT2D eigenvalue weighted by Crippen LogP contribution is -2.15. The Morgan fingerprint density at radius 2 is 1.88 bits per heavy atom. The first-order chi connectivity index (χ1) is 7.67. The van der Waals surface area contributed by atoms with Gasteiger partial charge in [0.2, 0.25) is 5.91 Å². The van der Waals surface area contributed by atoms with E-state index in [2.05, 4.69) is 17.1 Å². The van der Waals surface area contributed by atoms with Crippen molar-refractivity contribution in [3.05, 3.63) is 24.3 Å². The molecule has 3 heteroatoms. The Labute approximate surface area is 97.5 Å². The van der Waals surface area contributed by atoms with E-state index < -0.39 is 0 Å². The summed E-state index contributed by atoms with van der Waals surface area (Å²) in [5.74, 6) is 0.0825. The second-order valence-corrected chi connectivity index (χ2v) is 3.86. The summed E-state index contributed by atoms with van der Waals surface area (Å²) in [5, 5.41) is 2.87. The molecule has 0 aliphatic heterocycles. The number of hydrogen-bond donors (Lipinski definition) is 1. The molecule has 1 amide bonds. The first-order valence-corrected chi connectivity index (χ1v) is 5.78. The number of carbonyl (C=O) groups excluding carboxylic acids is 1. The van der Waals surface area contributed by atoms with E-state index in [0.29, 0.717) is 6.42 Å². The lowest BCUT2D eigenvalue weighted by atomic mass is 10.2. The zero-order valence-electron chi connectivity index (χ0n) is 10.3. The maximum atomic E-state index is 11.4. The van der Waals surface area contributed by atoms with Gasteiger partial charge in [0.05, 0.1) is 0 Å². The lowest BCUT2D eigenvalue weighted by molar-refractivity contribution is -0.116. The topological polar surface area (TPSA) is 32.3 Å². The summed E-state index contributed by atoms with van der Waals surface area (Å²) in [7, 11) is 2.05. The first kappa shape index (κ1) is 12.6. The highest BCUT2D eigenvalue weighted by Crippen LogP contribution is 2.16. The Bertz CT molecular complexity index is 332. The average Bonchev–Trinajstić information content (AvgIpc) is 2.29. The molecule has 3 nitrogen and oxygen atoms in total. The molecular formula is C13H20N2O. The van der Waals surface area contributed by atoms with Crippen LogP contribution in [-0.2, 0) is 4.79 Å². The van der Waals surface area contributed by atoms with Gasteiger partial charge in [0.25, 0.3) is 0 Å². The third kappa shape index (κ3) is 3.57. The van der Waals surface area contributed by atoms with Crippen LogP contribution >= 0.6 is 0 Å². The predicted molar refractivity (Wildman–Crippen MR) is 68.9 cm³/mol. The molecule has 0 aliphatic rings. The summed E-state index contributed by atoms with van der Waals surface area (Å²) < 4.78 is 0. The second kappa shape index (κ2) is 6.16. The molecule has 0 saturated carbocycles. The molecule has 0 saturated heterocycles. The van der Waals surface area contributed by atoms with Crippen LogP contribution in [-0.4, -0.2) is 19.5 Å². The summed E-state index contributed by atoms with van der Waals surface area (Å²) >= 11 is 0. The Kier molecular flexibility index (Phi) is 4.83. The van der Waals surface area contributed by atoms with Crippen molar-refractivity contribution >= 4 is 17.3 Å². The number of carbonyl (C=O) groups is 1. The highest BCUT2D eigenvalue weighted by atomic mass is 16.1. The molecule has 1 aromatic rings. The smallest absolute Gasteiger partial charge is 0.224 e. The van der Waals surface area contributed by atoms with Gasteiger partial charge >= 0.3 is 0 Å². The van der Waals surface area contributed by atoms with Crippen molar-refractivity contribution in [2.75, 3.05) is 23.8 Å². The zero-order valence-corrected chi connectivity index (χ0v) is 10.3. The number of nitrogens with one attached hydrogen (secondary N) is 1. The monoisotopic (exact) mass is 220 g/mol. The van der Waals surface area contributed by atoms with E-state index >= 15 is 0 Å². The summed E-state index contributed by atoms with van der Waals surface area (Å²) in [5.41, 5.74) is 2.03. The zero-order chi connectivity index (χ0) is 12.0. The van der Waals surface area contributed by atoms with Gasteiger partial charge in [-0.1, -0.05) is 6.92 Å². The number of amides is 1. The van der Waals surface area contributed by atoms with Crippen molar-refractivity contribution in [1.82, 2.24) is 0 Å². The van der Waals surface area contributed by atoms with Crippen molar-refractivity contribution in [1.29, 1.82) is 0 Å². The molecule has 0 bridgehead atoms. The molecule has 0 radical (unpaired) electrons. The Hall–Kier alpha value is -1.51. The normalized spacial score (nSPS) is 9.94. The van der Waals surface area contributed by atoms with Crippen molar-refractivity contribution in [3.8, 4) is 0 Å². The van der Waals surface area contributed by atoms with Crippen molar-refractivity contribution < 1.29 is 4.79 Å². The van der Waals surface area contributed by atoms with Gasteiger partial charge in [-0.15, -0.1) is 0 Å². The lowest BCUT2D eigenvalue weighted by Gasteiger charge is -2.17. The summed E-state index contributed by atoms with van der Waals surface area (Å²) in [6.45, 7) is 5.08. The Balaban J connectivity index is 2.61. The molecule has 1 rings (SSSR count). The van der Waals surface area contributed by atoms with E-state index in [1.807, 2.05) is 38.2 Å². The minimum atomic E-state index is 0.0825. The minimum absolute atomic E-state index is 0.0825. The first-order valence-electron chi connectivity index (χ1n) is 5.78. The molecule has 1 aromatic carbocycles. The van der Waals surface area contributed by atoms with Gasteiger partial charge in [-0.05, 0) is 37.6 Å². The standard InChI is InChI=1S/C13H20N2O/c1-4-6-13(16)14-11-7-9-12(10-8-11)15(3)5-2/h7-10H,4-6H2,1-3H3,(H,14,16). The number of hydrogen-bond acceptors (Lipinski definition) is 2. The van der Waals surface area contributed by atoms with E-state index in [-0.39, 0.29) is 5.91 Å². The van der Waals surface area contributed by atoms with Gasteiger partial charge in [0, 0.05) is 31.4 Å². The maximum Gasteiger partial charge on any atom is 0.224 e. The van der Waals surface area contributed by atoms with Crippen molar-refractivity contribution in [3.63, 3.8) is 0 Å². The van der Waals surface area contributed by atoms with E-state index in [0.717, 1.165) is 24.3 Å². The fourth-order valence-corrected chi connectivity index (χ4v) is 1.43. The van der Waals surface area contributed by atoms with E-state index in [1.54, 1.807) is 0 Å². The van der Waals surface area contributed by atoms with Gasteiger partial charge in [-0.25, -0.2) is 0 Å². The number of rotatable bonds is 5. The van der Waals surface area contributed by atoms with Crippen LogP contribution in [0.5, 0.6) is 0 Å². The van der Waals surface area contributed by atoms with Crippen LogP contribution in [0, 0.1) is 0 Å². The third-order valence-corrected chi connectivity index (χ3v) is 2.54. The molecule has 0 aromatic heterocycles. The van der Waals surface area contributed by atoms with E-state index in [9.17, 15) is 4.79 Å². The summed E-state index contributed by atoms with van der Waals surface area (Å²) in [6.07, 6.45) is 1.46. The molecule has 0 spiro atoms. The quantitative estimate of drug-likeness (QED) is 0.827. The fourth-order valence-electron chi connectivity index (χ4n) is 1.43. The molecule has 0 heterocycles. The van der Waals surface area contributed by atoms with Gasteiger partial charge in [-0.2, -0.15) is 0 Å². The molecular weight excluding hydrogens is 200 g/mol. The second-order valence-electron chi connectivity index (χ2n) is 3.86. The molecule has 0 unspecified atom stereocenters. The van der Waals surface area contributed by atoms with Gasteiger partial charge < -0.3 is 10.2 Å². The van der Waals surface area contributed by atoms with Crippen LogP contribution in [0.1, 0.15) is 26.7 Å². The van der Waals surface area contributed by atoms with Crippen LogP contribution in [0.3, 0.4) is 0 Å². The Morgan fingerprint density at radius 3 is 2.38 bits per heavy atom. The Morgan fingerprint density at radius 1 is 1.25 bits per heavy atom. The van der Waals surface area contributed by atoms with E-state index in [1.165, 1.54) is 0 Å². The van der Waals surface area contributed by atoms with Crippen molar-refractivity contribution in [2.24, 2.45) is 0 Å². The SMILES string of the molecule is CCCC(=O)Nc1ccc(N(C)CC)cc1. The van der Waals surface area contributed by atoms with Crippen molar-refractivity contribution in [2.45, 2.75) is 26.7 Å². The summed E-state index contributed by atoms with van der Waals surface area (Å²) in [6, 6.07) is 7.92. The highest BCUT2D eigenvalue weighted by Gasteiger charge is 2.01. The minimum Gasteiger partial charge on any atom is -0.375 e. The molecule has 88 valence electrons. The average molecular weight is 220 g/mol. The van der Waals surface area contributed by atoms with Crippen LogP contribution < -0.4 is 10.2 Å². The largest absolute Gasteiger partial charge is 0.375 e. The van der Waals surface area contributed by atoms with Crippen LogP contribution in [0.25, 0.3) is 0 Å². The van der Waals surface area contributed by atoms with E-state index in [4.69, 9.17) is 0 Å². The van der Waals surface area contributed by atoms with Gasteiger partial charge in [0.1, 0.15) is 0 Å². The predicted octanol–water partition coefficient (Wildman–Crippen LogP) is 2.88. The summed E-state index contributed by atoms with van der Waals surface area (Å²) in [4.78, 5) is 13.5. The fraction of sp³-hybridized carbons (Fsp3) is 0.462. The van der Waals surface area contributed by atoms with Gasteiger partial charge in [0.15, 0.2) is 0 Å². The molecule has 0 atom stereocenters. The van der Waals surface area contributed by atoms with Crippen LogP contribution in [0.4, 0.5) is 11.4 Å². The maximum absolute atomic E-state index is 11.4. The van der Waals surface area contributed by atoms with Crippen LogP contribution in [0.2, 0.25) is 0 Å². The molecule has 16 heavy (non-hydrogen) atoms. The third-order valence-electron chi connectivity index (χ3n) is 2.54. The van der Waals surface area contributed by atoms with Gasteiger partial charge in [-0.3, -0.25) is 4.79 Å². The number of benzene rings is 1. The van der Waals surface area contributed by atoms with Crippen LogP contribution in [0.15, 0.2) is 24.3 Å². The molecule has 0 fully saturated rings. The number of anilines is 2.